The molecule has 0 fully saturated rings. The molecule has 0 bridgehead atoms. The number of alkyl halides is 3. The van der Waals surface area contributed by atoms with E-state index in [1.54, 1.807) is 4.68 Å². The lowest BCUT2D eigenvalue weighted by molar-refractivity contribution is -0.153. The van der Waals surface area contributed by atoms with Crippen molar-refractivity contribution in [3.8, 4) is 0 Å². The van der Waals surface area contributed by atoms with E-state index in [-0.39, 0.29) is 12.5 Å². The van der Waals surface area contributed by atoms with Gasteiger partial charge in [-0.15, -0.1) is 0 Å². The Morgan fingerprint density at radius 2 is 2.11 bits per heavy atom. The van der Waals surface area contributed by atoms with Crippen LogP contribution in [0.2, 0.25) is 0 Å². The third-order valence-electron chi connectivity index (χ3n) is 2.60. The summed E-state index contributed by atoms with van der Waals surface area (Å²) >= 11 is 0. The first kappa shape index (κ1) is 15.5. The standard InChI is InChI=1S/C12H18F3N3O/c1-8(6-16-11(19)5-12(13,14)15)7-18-10(3)4-9(2)17-18/h4,8H,5-7H2,1-3H3,(H,16,19)/t8-/m1/s1. The largest absolute Gasteiger partial charge is 0.397 e. The first-order valence-corrected chi connectivity index (χ1v) is 6.02. The molecule has 4 nitrogen and oxygen atoms in total. The molecule has 0 saturated heterocycles. The average Bonchev–Trinajstić information content (AvgIpc) is 2.52. The number of carbonyl (C=O) groups is 1. The summed E-state index contributed by atoms with van der Waals surface area (Å²) in [7, 11) is 0. The Balaban J connectivity index is 2.38. The summed E-state index contributed by atoms with van der Waals surface area (Å²) in [6.07, 6.45) is -5.89. The summed E-state index contributed by atoms with van der Waals surface area (Å²) in [6.45, 7) is 6.40. The van der Waals surface area contributed by atoms with E-state index in [1.807, 2.05) is 26.8 Å². The number of aromatic nitrogens is 2. The number of carbonyl (C=O) groups excluding carboxylic acids is 1. The van der Waals surface area contributed by atoms with Crippen molar-refractivity contribution in [1.29, 1.82) is 0 Å². The molecule has 0 aromatic carbocycles. The number of nitrogens with one attached hydrogen (secondary N) is 1. The van der Waals surface area contributed by atoms with Gasteiger partial charge in [-0.3, -0.25) is 9.48 Å². The molecule has 0 spiro atoms. The van der Waals surface area contributed by atoms with Crippen molar-refractivity contribution in [1.82, 2.24) is 15.1 Å². The third-order valence-corrected chi connectivity index (χ3v) is 2.60. The maximum atomic E-state index is 12.0. The summed E-state index contributed by atoms with van der Waals surface area (Å²) in [5, 5.41) is 6.55. The number of aryl methyl sites for hydroxylation is 2. The smallest absolute Gasteiger partial charge is 0.355 e. The SMILES string of the molecule is Cc1cc(C)n(C[C@H](C)CNC(=O)CC(F)(F)F)n1. The van der Waals surface area contributed by atoms with Crippen LogP contribution < -0.4 is 5.32 Å². The van der Waals surface area contributed by atoms with E-state index in [0.717, 1.165) is 11.4 Å². The lowest BCUT2D eigenvalue weighted by Gasteiger charge is -2.14. The normalized spacial score (nSPS) is 13.4. The van der Waals surface area contributed by atoms with E-state index in [0.29, 0.717) is 6.54 Å². The quantitative estimate of drug-likeness (QED) is 0.897. The van der Waals surface area contributed by atoms with Crippen molar-refractivity contribution in [2.24, 2.45) is 5.92 Å². The minimum absolute atomic E-state index is 0.00943. The van der Waals surface area contributed by atoms with Gasteiger partial charge < -0.3 is 5.32 Å². The molecule has 0 saturated carbocycles. The molecule has 0 aliphatic carbocycles. The van der Waals surface area contributed by atoms with E-state index < -0.39 is 18.5 Å². The zero-order chi connectivity index (χ0) is 14.6. The molecule has 1 aromatic heterocycles. The van der Waals surface area contributed by atoms with E-state index in [9.17, 15) is 18.0 Å². The summed E-state index contributed by atoms with van der Waals surface area (Å²) < 4.78 is 37.7. The van der Waals surface area contributed by atoms with Crippen molar-refractivity contribution in [2.75, 3.05) is 6.54 Å². The van der Waals surface area contributed by atoms with Crippen LogP contribution in [-0.4, -0.2) is 28.4 Å². The molecule has 7 heteroatoms. The van der Waals surface area contributed by atoms with Crippen molar-refractivity contribution < 1.29 is 18.0 Å². The fourth-order valence-electron chi connectivity index (χ4n) is 1.75. The highest BCUT2D eigenvalue weighted by atomic mass is 19.4. The van der Waals surface area contributed by atoms with Crippen LogP contribution in [-0.2, 0) is 11.3 Å². The fraction of sp³-hybridized carbons (Fsp3) is 0.667. The molecule has 0 aliphatic rings. The Bertz CT molecular complexity index is 440. The monoisotopic (exact) mass is 277 g/mol. The summed E-state index contributed by atoms with van der Waals surface area (Å²) in [6, 6.07) is 1.93. The van der Waals surface area contributed by atoms with Crippen LogP contribution in [0.1, 0.15) is 24.7 Å². The zero-order valence-corrected chi connectivity index (χ0v) is 11.2. The van der Waals surface area contributed by atoms with E-state index in [4.69, 9.17) is 0 Å². The van der Waals surface area contributed by atoms with Crippen molar-refractivity contribution in [2.45, 2.75) is 39.9 Å². The maximum Gasteiger partial charge on any atom is 0.397 e. The molecule has 1 aromatic rings. The molecular weight excluding hydrogens is 259 g/mol. The molecule has 1 heterocycles. The van der Waals surface area contributed by atoms with Crippen molar-refractivity contribution in [3.63, 3.8) is 0 Å². The van der Waals surface area contributed by atoms with Gasteiger partial charge in [0, 0.05) is 18.8 Å². The Morgan fingerprint density at radius 3 is 2.58 bits per heavy atom. The molecule has 0 aliphatic heterocycles. The number of hydrogen-bond acceptors (Lipinski definition) is 2. The summed E-state index contributed by atoms with van der Waals surface area (Å²) in [5.74, 6) is -0.983. The van der Waals surface area contributed by atoms with Gasteiger partial charge in [-0.1, -0.05) is 6.92 Å². The summed E-state index contributed by atoms with van der Waals surface area (Å²) in [5.41, 5.74) is 1.89. The number of halogens is 3. The Morgan fingerprint density at radius 1 is 1.47 bits per heavy atom. The van der Waals surface area contributed by atoms with Gasteiger partial charge in [0.25, 0.3) is 0 Å². The van der Waals surface area contributed by atoms with Crippen molar-refractivity contribution in [3.05, 3.63) is 17.5 Å². The number of nitrogens with zero attached hydrogens (tertiary/aromatic N) is 2. The molecule has 1 rings (SSSR count). The van der Waals surface area contributed by atoms with Gasteiger partial charge in [-0.05, 0) is 25.8 Å². The van der Waals surface area contributed by atoms with Crippen molar-refractivity contribution >= 4 is 5.91 Å². The highest BCUT2D eigenvalue weighted by Gasteiger charge is 2.31. The third kappa shape index (κ3) is 5.76. The number of hydrogen-bond donors (Lipinski definition) is 1. The zero-order valence-electron chi connectivity index (χ0n) is 11.2. The van der Waals surface area contributed by atoms with Crippen LogP contribution in [0, 0.1) is 19.8 Å². The second-order valence-corrected chi connectivity index (χ2v) is 4.81. The predicted octanol–water partition coefficient (Wildman–Crippen LogP) is 2.20. The Labute approximate surface area is 110 Å². The summed E-state index contributed by atoms with van der Waals surface area (Å²) in [4.78, 5) is 11.0. The molecule has 1 N–H and O–H groups in total. The van der Waals surface area contributed by atoms with Crippen LogP contribution in [0.25, 0.3) is 0 Å². The Kier molecular flexibility index (Phi) is 4.97. The van der Waals surface area contributed by atoms with E-state index in [2.05, 4.69) is 10.4 Å². The van der Waals surface area contributed by atoms with Gasteiger partial charge in [0.2, 0.25) is 5.91 Å². The first-order chi connectivity index (χ1) is 8.67. The highest BCUT2D eigenvalue weighted by molar-refractivity contribution is 5.76. The minimum Gasteiger partial charge on any atom is -0.355 e. The molecule has 1 amide bonds. The lowest BCUT2D eigenvalue weighted by Crippen LogP contribution is -2.33. The fourth-order valence-corrected chi connectivity index (χ4v) is 1.75. The average molecular weight is 277 g/mol. The van der Waals surface area contributed by atoms with E-state index >= 15 is 0 Å². The minimum atomic E-state index is -4.46. The molecular formula is C12H18F3N3O. The van der Waals surface area contributed by atoms with Gasteiger partial charge in [0.15, 0.2) is 0 Å². The van der Waals surface area contributed by atoms with Gasteiger partial charge >= 0.3 is 6.18 Å². The Hall–Kier alpha value is -1.53. The molecule has 0 radical (unpaired) electrons. The topological polar surface area (TPSA) is 46.9 Å². The van der Waals surface area contributed by atoms with Gasteiger partial charge in [-0.2, -0.15) is 18.3 Å². The highest BCUT2D eigenvalue weighted by Crippen LogP contribution is 2.18. The molecule has 0 unspecified atom stereocenters. The van der Waals surface area contributed by atoms with Gasteiger partial charge in [-0.25, -0.2) is 0 Å². The second kappa shape index (κ2) is 6.08. The lowest BCUT2D eigenvalue weighted by atomic mass is 10.2. The molecule has 108 valence electrons. The molecule has 1 atom stereocenters. The second-order valence-electron chi connectivity index (χ2n) is 4.81. The van der Waals surface area contributed by atoms with Gasteiger partial charge in [0.1, 0.15) is 6.42 Å². The molecule has 19 heavy (non-hydrogen) atoms. The maximum absolute atomic E-state index is 12.0. The van der Waals surface area contributed by atoms with Crippen LogP contribution in [0.4, 0.5) is 13.2 Å². The van der Waals surface area contributed by atoms with Crippen LogP contribution >= 0.6 is 0 Å². The van der Waals surface area contributed by atoms with Crippen LogP contribution in [0.5, 0.6) is 0 Å². The predicted molar refractivity (Wildman–Crippen MR) is 64.5 cm³/mol. The number of amides is 1. The van der Waals surface area contributed by atoms with E-state index in [1.165, 1.54) is 0 Å². The van der Waals surface area contributed by atoms with Crippen LogP contribution in [0.15, 0.2) is 6.07 Å². The first-order valence-electron chi connectivity index (χ1n) is 6.02. The van der Waals surface area contributed by atoms with Gasteiger partial charge in [0.05, 0.1) is 5.69 Å². The number of rotatable bonds is 5. The van der Waals surface area contributed by atoms with Crippen LogP contribution in [0.3, 0.4) is 0 Å².